The predicted molar refractivity (Wildman–Crippen MR) is 48.1 cm³/mol. The molecule has 0 aliphatic rings. The van der Waals surface area contributed by atoms with Crippen LogP contribution in [0.5, 0.6) is 0 Å². The van der Waals surface area contributed by atoms with E-state index >= 15 is 0 Å². The second-order valence-corrected chi connectivity index (χ2v) is 2.80. The molecule has 0 spiro atoms. The third-order valence-electron chi connectivity index (χ3n) is 1.40. The fraction of sp³-hybridized carbons (Fsp3) is 0.875. The zero-order valence-corrected chi connectivity index (χ0v) is 8.02. The van der Waals surface area contributed by atoms with Gasteiger partial charge in [-0.15, -0.1) is 0 Å². The Morgan fingerprint density at radius 3 is 2.67 bits per heavy atom. The summed E-state index contributed by atoms with van der Waals surface area (Å²) in [6.07, 6.45) is 0. The summed E-state index contributed by atoms with van der Waals surface area (Å²) >= 11 is 0. The van der Waals surface area contributed by atoms with Gasteiger partial charge < -0.3 is 15.4 Å². The van der Waals surface area contributed by atoms with Crippen molar-refractivity contribution in [2.24, 2.45) is 5.92 Å². The number of ether oxygens (including phenoxy) is 1. The molecular weight excluding hydrogens is 156 g/mol. The van der Waals surface area contributed by atoms with Crippen LogP contribution in [-0.2, 0) is 4.74 Å². The Kier molecular flexibility index (Phi) is 6.47. The topological polar surface area (TPSA) is 50.4 Å². The lowest BCUT2D eigenvalue weighted by molar-refractivity contribution is 0.158. The Morgan fingerprint density at radius 1 is 1.50 bits per heavy atom. The minimum absolute atomic E-state index is 0.111. The smallest absolute Gasteiger partial charge is 0.314 e. The van der Waals surface area contributed by atoms with Crippen molar-refractivity contribution < 1.29 is 9.53 Å². The fourth-order valence-electron chi connectivity index (χ4n) is 0.833. The van der Waals surface area contributed by atoms with E-state index in [0.29, 0.717) is 25.6 Å². The average Bonchev–Trinajstić information content (AvgIpc) is 2.02. The molecule has 1 unspecified atom stereocenters. The second-order valence-electron chi connectivity index (χ2n) is 2.80. The zero-order valence-electron chi connectivity index (χ0n) is 8.02. The van der Waals surface area contributed by atoms with Crippen LogP contribution < -0.4 is 10.6 Å². The van der Waals surface area contributed by atoms with E-state index in [4.69, 9.17) is 4.74 Å². The Balaban J connectivity index is 3.33. The molecule has 0 aliphatic heterocycles. The van der Waals surface area contributed by atoms with Gasteiger partial charge in [0, 0.05) is 20.2 Å². The molecule has 0 radical (unpaired) electrons. The molecule has 0 aromatic heterocycles. The number of hydrogen-bond acceptors (Lipinski definition) is 2. The van der Waals surface area contributed by atoms with Crippen molar-refractivity contribution in [3.63, 3.8) is 0 Å². The van der Waals surface area contributed by atoms with E-state index in [1.807, 2.05) is 13.8 Å². The molecule has 2 amide bonds. The number of hydrogen-bond donors (Lipinski definition) is 2. The number of carbonyl (C=O) groups excluding carboxylic acids is 1. The van der Waals surface area contributed by atoms with Crippen LogP contribution in [0.4, 0.5) is 4.79 Å². The molecule has 0 heterocycles. The zero-order chi connectivity index (χ0) is 9.40. The molecule has 0 saturated heterocycles. The first kappa shape index (κ1) is 11.2. The number of nitrogens with one attached hydrogen (secondary N) is 2. The molecule has 0 aromatic carbocycles. The van der Waals surface area contributed by atoms with Gasteiger partial charge in [0.15, 0.2) is 0 Å². The van der Waals surface area contributed by atoms with Gasteiger partial charge in [0.2, 0.25) is 0 Å². The van der Waals surface area contributed by atoms with Crippen molar-refractivity contribution in [2.75, 3.05) is 26.8 Å². The van der Waals surface area contributed by atoms with Crippen LogP contribution in [0.1, 0.15) is 13.8 Å². The minimum atomic E-state index is -0.111. The van der Waals surface area contributed by atoms with E-state index < -0.39 is 0 Å². The van der Waals surface area contributed by atoms with Gasteiger partial charge >= 0.3 is 6.03 Å². The lowest BCUT2D eigenvalue weighted by Crippen LogP contribution is -2.38. The maximum Gasteiger partial charge on any atom is 0.314 e. The molecule has 72 valence electrons. The molecule has 4 heteroatoms. The fourth-order valence-corrected chi connectivity index (χ4v) is 0.833. The molecular formula is C8H18N2O2. The van der Waals surface area contributed by atoms with Crippen molar-refractivity contribution in [2.45, 2.75) is 13.8 Å². The van der Waals surface area contributed by atoms with Gasteiger partial charge in [0.1, 0.15) is 0 Å². The van der Waals surface area contributed by atoms with Crippen molar-refractivity contribution >= 4 is 6.03 Å². The molecule has 0 aromatic rings. The maximum atomic E-state index is 10.9. The van der Waals surface area contributed by atoms with Crippen molar-refractivity contribution in [3.8, 4) is 0 Å². The molecule has 4 nitrogen and oxygen atoms in total. The summed E-state index contributed by atoms with van der Waals surface area (Å²) in [5.41, 5.74) is 0. The van der Waals surface area contributed by atoms with E-state index in [1.165, 1.54) is 0 Å². The highest BCUT2D eigenvalue weighted by molar-refractivity contribution is 5.73. The van der Waals surface area contributed by atoms with Gasteiger partial charge in [-0.05, 0) is 12.8 Å². The van der Waals surface area contributed by atoms with Crippen molar-refractivity contribution in [1.82, 2.24) is 10.6 Å². The summed E-state index contributed by atoms with van der Waals surface area (Å²) in [6.45, 7) is 5.89. The van der Waals surface area contributed by atoms with Gasteiger partial charge in [-0.2, -0.15) is 0 Å². The van der Waals surface area contributed by atoms with Gasteiger partial charge in [-0.3, -0.25) is 0 Å². The van der Waals surface area contributed by atoms with E-state index in [0.717, 1.165) is 0 Å². The van der Waals surface area contributed by atoms with Gasteiger partial charge in [0.25, 0.3) is 0 Å². The van der Waals surface area contributed by atoms with Crippen LogP contribution in [0.25, 0.3) is 0 Å². The molecule has 1 atom stereocenters. The van der Waals surface area contributed by atoms with Crippen LogP contribution in [0.3, 0.4) is 0 Å². The van der Waals surface area contributed by atoms with Crippen molar-refractivity contribution in [1.29, 1.82) is 0 Å². The number of methoxy groups -OCH3 is 1. The summed E-state index contributed by atoms with van der Waals surface area (Å²) < 4.78 is 4.92. The maximum absolute atomic E-state index is 10.9. The molecule has 0 bridgehead atoms. The molecule has 0 rings (SSSR count). The monoisotopic (exact) mass is 174 g/mol. The van der Waals surface area contributed by atoms with E-state index in [9.17, 15) is 4.79 Å². The lowest BCUT2D eigenvalue weighted by atomic mass is 10.2. The van der Waals surface area contributed by atoms with Crippen LogP contribution in [-0.4, -0.2) is 32.8 Å². The molecule has 2 N–H and O–H groups in total. The van der Waals surface area contributed by atoms with Gasteiger partial charge in [0.05, 0.1) is 6.61 Å². The second kappa shape index (κ2) is 6.91. The van der Waals surface area contributed by atoms with E-state index in [2.05, 4.69) is 10.6 Å². The highest BCUT2D eigenvalue weighted by atomic mass is 16.5. The van der Waals surface area contributed by atoms with Crippen molar-refractivity contribution in [3.05, 3.63) is 0 Å². The first-order valence-corrected chi connectivity index (χ1v) is 4.21. The van der Waals surface area contributed by atoms with Crippen LogP contribution >= 0.6 is 0 Å². The van der Waals surface area contributed by atoms with Gasteiger partial charge in [-0.25, -0.2) is 4.79 Å². The number of amides is 2. The Morgan fingerprint density at radius 2 is 2.17 bits per heavy atom. The summed E-state index contributed by atoms with van der Waals surface area (Å²) in [5, 5.41) is 5.39. The van der Waals surface area contributed by atoms with E-state index in [1.54, 1.807) is 7.11 Å². The Hall–Kier alpha value is -0.770. The highest BCUT2D eigenvalue weighted by Gasteiger charge is 2.02. The van der Waals surface area contributed by atoms with Crippen LogP contribution in [0.2, 0.25) is 0 Å². The van der Waals surface area contributed by atoms with Crippen LogP contribution in [0, 0.1) is 5.92 Å². The summed E-state index contributed by atoms with van der Waals surface area (Å²) in [7, 11) is 1.66. The lowest BCUT2D eigenvalue weighted by Gasteiger charge is -2.11. The first-order chi connectivity index (χ1) is 5.70. The molecule has 12 heavy (non-hydrogen) atoms. The standard InChI is InChI=1S/C8H18N2O2/c1-4-9-8(11)10-5-7(2)6-12-3/h7H,4-6H2,1-3H3,(H2,9,10,11). The normalized spacial score (nSPS) is 12.2. The molecule has 0 fully saturated rings. The molecule has 0 saturated carbocycles. The largest absolute Gasteiger partial charge is 0.384 e. The SMILES string of the molecule is CCNC(=O)NCC(C)COC. The number of rotatable bonds is 5. The first-order valence-electron chi connectivity index (χ1n) is 4.21. The average molecular weight is 174 g/mol. The number of carbonyl (C=O) groups is 1. The Labute approximate surface area is 73.7 Å². The molecule has 0 aliphatic carbocycles. The summed E-state index contributed by atoms with van der Waals surface area (Å²) in [4.78, 5) is 10.9. The Bertz CT molecular complexity index is 128. The third-order valence-corrected chi connectivity index (χ3v) is 1.40. The van der Waals surface area contributed by atoms with Gasteiger partial charge in [-0.1, -0.05) is 6.92 Å². The summed E-state index contributed by atoms with van der Waals surface area (Å²) in [5.74, 6) is 0.359. The third kappa shape index (κ3) is 5.97. The predicted octanol–water partition coefficient (Wildman–Crippen LogP) is 0.588. The minimum Gasteiger partial charge on any atom is -0.384 e. The van der Waals surface area contributed by atoms with E-state index in [-0.39, 0.29) is 6.03 Å². The quantitative estimate of drug-likeness (QED) is 0.641. The highest BCUT2D eigenvalue weighted by Crippen LogP contribution is 1.91. The summed E-state index contributed by atoms with van der Waals surface area (Å²) in [6, 6.07) is -0.111. The van der Waals surface area contributed by atoms with Crippen LogP contribution in [0.15, 0.2) is 0 Å². The number of urea groups is 1.